The normalized spacial score (nSPS) is 11.6. The minimum Gasteiger partial charge on any atom is -0.285 e. The van der Waals surface area contributed by atoms with Crippen LogP contribution in [0.4, 0.5) is 0 Å². The van der Waals surface area contributed by atoms with Gasteiger partial charge in [-0.3, -0.25) is 4.90 Å². The van der Waals surface area contributed by atoms with Crippen LogP contribution >= 0.6 is 12.4 Å². The first kappa shape index (κ1) is 14.0. The van der Waals surface area contributed by atoms with E-state index in [9.17, 15) is 0 Å². The van der Waals surface area contributed by atoms with Crippen molar-refractivity contribution in [1.82, 2.24) is 4.90 Å². The Morgan fingerprint density at radius 3 is 2.13 bits per heavy atom. The molecule has 82 valence electrons. The highest BCUT2D eigenvalue weighted by atomic mass is 35.5. The number of hydrogen-bond acceptors (Lipinski definition) is 2. The summed E-state index contributed by atoms with van der Waals surface area (Å²) in [4.78, 5) is 2.15. The van der Waals surface area contributed by atoms with Crippen LogP contribution in [0.2, 0.25) is 0 Å². The third kappa shape index (κ3) is 3.54. The van der Waals surface area contributed by atoms with Gasteiger partial charge in [-0.2, -0.15) is 5.26 Å². The standard InChI is InChI=1S/C12H16N2.ClH/c1-3-14(4-2)12(10-13)11-8-6-5-7-9-11;/h5-9,12H,3-4H2,1-2H3;1H. The van der Waals surface area contributed by atoms with Gasteiger partial charge in [0.25, 0.3) is 0 Å². The van der Waals surface area contributed by atoms with Crippen molar-refractivity contribution in [2.75, 3.05) is 13.1 Å². The molecule has 0 aliphatic carbocycles. The molecule has 0 radical (unpaired) electrons. The van der Waals surface area contributed by atoms with E-state index in [-0.39, 0.29) is 18.4 Å². The molecule has 0 aliphatic rings. The van der Waals surface area contributed by atoms with E-state index in [0.717, 1.165) is 18.7 Å². The van der Waals surface area contributed by atoms with Gasteiger partial charge < -0.3 is 0 Å². The SMILES string of the molecule is CCN(CC)C(C#N)c1ccccc1.Cl. The third-order valence-corrected chi connectivity index (χ3v) is 2.42. The van der Waals surface area contributed by atoms with Crippen LogP contribution in [0.15, 0.2) is 30.3 Å². The molecule has 0 amide bonds. The molecule has 1 unspecified atom stereocenters. The average molecular weight is 225 g/mol. The number of halogens is 1. The molecule has 2 nitrogen and oxygen atoms in total. The fourth-order valence-corrected chi connectivity index (χ4v) is 1.59. The van der Waals surface area contributed by atoms with Crippen molar-refractivity contribution < 1.29 is 0 Å². The van der Waals surface area contributed by atoms with Gasteiger partial charge in [-0.15, -0.1) is 12.4 Å². The molecule has 0 heterocycles. The Labute approximate surface area is 97.9 Å². The van der Waals surface area contributed by atoms with Crippen molar-refractivity contribution in [1.29, 1.82) is 5.26 Å². The second kappa shape index (κ2) is 7.28. The van der Waals surface area contributed by atoms with Crippen molar-refractivity contribution in [2.45, 2.75) is 19.9 Å². The zero-order valence-corrected chi connectivity index (χ0v) is 10.00. The van der Waals surface area contributed by atoms with Gasteiger partial charge in [0, 0.05) is 0 Å². The summed E-state index contributed by atoms with van der Waals surface area (Å²) < 4.78 is 0. The highest BCUT2D eigenvalue weighted by Gasteiger charge is 2.15. The first-order chi connectivity index (χ1) is 6.83. The topological polar surface area (TPSA) is 27.0 Å². The Morgan fingerprint density at radius 1 is 1.20 bits per heavy atom. The lowest BCUT2D eigenvalue weighted by atomic mass is 10.1. The summed E-state index contributed by atoms with van der Waals surface area (Å²) in [5, 5.41) is 9.12. The van der Waals surface area contributed by atoms with E-state index in [0.29, 0.717) is 0 Å². The summed E-state index contributed by atoms with van der Waals surface area (Å²) >= 11 is 0. The number of benzene rings is 1. The van der Waals surface area contributed by atoms with Gasteiger partial charge in [0.2, 0.25) is 0 Å². The average Bonchev–Trinajstić information content (AvgIpc) is 2.27. The van der Waals surface area contributed by atoms with Crippen LogP contribution in [-0.4, -0.2) is 18.0 Å². The molecule has 0 saturated heterocycles. The van der Waals surface area contributed by atoms with E-state index in [1.54, 1.807) is 0 Å². The van der Waals surface area contributed by atoms with E-state index in [1.807, 2.05) is 30.3 Å². The maximum absolute atomic E-state index is 9.12. The second-order valence-electron chi connectivity index (χ2n) is 3.16. The molecule has 0 N–H and O–H groups in total. The molecule has 0 saturated carbocycles. The molecule has 1 aromatic rings. The van der Waals surface area contributed by atoms with Crippen molar-refractivity contribution in [2.24, 2.45) is 0 Å². The van der Waals surface area contributed by atoms with Gasteiger partial charge in [0.05, 0.1) is 6.07 Å². The van der Waals surface area contributed by atoms with Gasteiger partial charge in [-0.25, -0.2) is 0 Å². The van der Waals surface area contributed by atoms with E-state index in [2.05, 4.69) is 24.8 Å². The van der Waals surface area contributed by atoms with Crippen LogP contribution in [0.3, 0.4) is 0 Å². The predicted octanol–water partition coefficient (Wildman–Crippen LogP) is 3.01. The first-order valence-electron chi connectivity index (χ1n) is 5.02. The molecular formula is C12H17ClN2. The lowest BCUT2D eigenvalue weighted by Gasteiger charge is -2.24. The number of rotatable bonds is 4. The quantitative estimate of drug-likeness (QED) is 0.786. The molecule has 1 atom stereocenters. The highest BCUT2D eigenvalue weighted by Crippen LogP contribution is 2.18. The zero-order valence-electron chi connectivity index (χ0n) is 9.18. The first-order valence-corrected chi connectivity index (χ1v) is 5.02. The molecule has 0 aliphatic heterocycles. The smallest absolute Gasteiger partial charge is 0.123 e. The van der Waals surface area contributed by atoms with E-state index in [1.165, 1.54) is 0 Å². The van der Waals surface area contributed by atoms with Crippen LogP contribution in [0.1, 0.15) is 25.5 Å². The fourth-order valence-electron chi connectivity index (χ4n) is 1.59. The van der Waals surface area contributed by atoms with Crippen molar-refractivity contribution in [3.63, 3.8) is 0 Å². The number of nitriles is 1. The summed E-state index contributed by atoms with van der Waals surface area (Å²) in [6.07, 6.45) is 0. The summed E-state index contributed by atoms with van der Waals surface area (Å²) in [7, 11) is 0. The highest BCUT2D eigenvalue weighted by molar-refractivity contribution is 5.85. The fraction of sp³-hybridized carbons (Fsp3) is 0.417. The second-order valence-corrected chi connectivity index (χ2v) is 3.16. The van der Waals surface area contributed by atoms with Crippen LogP contribution in [-0.2, 0) is 0 Å². The van der Waals surface area contributed by atoms with Crippen molar-refractivity contribution in [3.05, 3.63) is 35.9 Å². The summed E-state index contributed by atoms with van der Waals surface area (Å²) in [5.41, 5.74) is 1.08. The Bertz CT molecular complexity index is 301. The minimum absolute atomic E-state index is 0. The molecule has 1 rings (SSSR count). The Kier molecular flexibility index (Phi) is 6.77. The number of nitrogens with zero attached hydrogens (tertiary/aromatic N) is 2. The molecular weight excluding hydrogens is 208 g/mol. The Morgan fingerprint density at radius 2 is 1.73 bits per heavy atom. The molecule has 0 aromatic heterocycles. The maximum atomic E-state index is 9.12. The lowest BCUT2D eigenvalue weighted by molar-refractivity contribution is 0.262. The van der Waals surface area contributed by atoms with Gasteiger partial charge >= 0.3 is 0 Å². The van der Waals surface area contributed by atoms with Crippen molar-refractivity contribution >= 4 is 12.4 Å². The van der Waals surface area contributed by atoms with Crippen molar-refractivity contribution in [3.8, 4) is 6.07 Å². The maximum Gasteiger partial charge on any atom is 0.123 e. The van der Waals surface area contributed by atoms with Gasteiger partial charge in [-0.1, -0.05) is 44.2 Å². The predicted molar refractivity (Wildman–Crippen MR) is 65.0 cm³/mol. The summed E-state index contributed by atoms with van der Waals surface area (Å²) in [6, 6.07) is 12.2. The Balaban J connectivity index is 0.00000196. The minimum atomic E-state index is -0.105. The zero-order chi connectivity index (χ0) is 10.4. The molecule has 0 fully saturated rings. The molecule has 3 heteroatoms. The lowest BCUT2D eigenvalue weighted by Crippen LogP contribution is -2.27. The van der Waals surface area contributed by atoms with Gasteiger partial charge in [-0.05, 0) is 18.7 Å². The summed E-state index contributed by atoms with van der Waals surface area (Å²) in [5.74, 6) is 0. The summed E-state index contributed by atoms with van der Waals surface area (Å²) in [6.45, 7) is 5.97. The van der Waals surface area contributed by atoms with Crippen LogP contribution in [0.25, 0.3) is 0 Å². The molecule has 0 bridgehead atoms. The number of hydrogen-bond donors (Lipinski definition) is 0. The molecule has 1 aromatic carbocycles. The molecule has 0 spiro atoms. The third-order valence-electron chi connectivity index (χ3n) is 2.42. The van der Waals surface area contributed by atoms with Crippen LogP contribution in [0.5, 0.6) is 0 Å². The van der Waals surface area contributed by atoms with E-state index >= 15 is 0 Å². The largest absolute Gasteiger partial charge is 0.285 e. The molecule has 15 heavy (non-hydrogen) atoms. The van der Waals surface area contributed by atoms with Gasteiger partial charge in [0.15, 0.2) is 0 Å². The van der Waals surface area contributed by atoms with E-state index < -0.39 is 0 Å². The van der Waals surface area contributed by atoms with Crippen LogP contribution < -0.4 is 0 Å². The monoisotopic (exact) mass is 224 g/mol. The Hall–Kier alpha value is -1.04. The van der Waals surface area contributed by atoms with E-state index in [4.69, 9.17) is 5.26 Å². The van der Waals surface area contributed by atoms with Gasteiger partial charge in [0.1, 0.15) is 6.04 Å². The van der Waals surface area contributed by atoms with Crippen LogP contribution in [0, 0.1) is 11.3 Å².